The van der Waals surface area contributed by atoms with Gasteiger partial charge in [0.15, 0.2) is 0 Å². The quantitative estimate of drug-likeness (QED) is 0.688. The van der Waals surface area contributed by atoms with E-state index in [0.717, 1.165) is 0 Å². The molecule has 5 heteroatoms. The number of rotatable bonds is 4. The summed E-state index contributed by atoms with van der Waals surface area (Å²) >= 11 is 0. The predicted molar refractivity (Wildman–Crippen MR) is 48.4 cm³/mol. The first-order chi connectivity index (χ1) is 6.70. The van der Waals surface area contributed by atoms with Gasteiger partial charge in [-0.1, -0.05) is 0 Å². The molecule has 5 nitrogen and oxygen atoms in total. The van der Waals surface area contributed by atoms with E-state index in [1.807, 2.05) is 6.92 Å². The Morgan fingerprint density at radius 1 is 1.43 bits per heavy atom. The lowest BCUT2D eigenvalue weighted by atomic mass is 10.3. The fourth-order valence-electron chi connectivity index (χ4n) is 0.979. The number of ether oxygens (including phenoxy) is 2. The maximum atomic E-state index is 11.3. The zero-order valence-electron chi connectivity index (χ0n) is 8.49. The van der Waals surface area contributed by atoms with Gasteiger partial charge < -0.3 is 14.0 Å². The van der Waals surface area contributed by atoms with E-state index in [-0.39, 0.29) is 5.76 Å². The molecule has 0 aliphatic carbocycles. The molecule has 1 aromatic rings. The lowest BCUT2D eigenvalue weighted by Crippen LogP contribution is -2.04. The van der Waals surface area contributed by atoms with Crippen molar-refractivity contribution in [2.45, 2.75) is 20.8 Å². The highest BCUT2D eigenvalue weighted by atomic mass is 16.6. The maximum Gasteiger partial charge on any atom is 0.377 e. The summed E-state index contributed by atoms with van der Waals surface area (Å²) in [5.41, 5.74) is 0.574. The second-order valence-electron chi connectivity index (χ2n) is 2.60. The molecule has 0 fully saturated rings. The van der Waals surface area contributed by atoms with E-state index in [9.17, 15) is 4.79 Å². The minimum Gasteiger partial charge on any atom is -0.476 e. The Balaban J connectivity index is 2.83. The summed E-state index contributed by atoms with van der Waals surface area (Å²) < 4.78 is 14.7. The number of carbonyl (C=O) groups excluding carboxylic acids is 1. The predicted octanol–water partition coefficient (Wildman–Crippen LogP) is 1.56. The highest BCUT2D eigenvalue weighted by molar-refractivity contribution is 5.88. The van der Waals surface area contributed by atoms with Gasteiger partial charge in [-0.3, -0.25) is 0 Å². The van der Waals surface area contributed by atoms with Crippen LogP contribution in [0.15, 0.2) is 4.52 Å². The van der Waals surface area contributed by atoms with Gasteiger partial charge in [0.1, 0.15) is 0 Å². The van der Waals surface area contributed by atoms with Gasteiger partial charge in [0.2, 0.25) is 0 Å². The third-order valence-corrected chi connectivity index (χ3v) is 1.62. The standard InChI is InChI=1S/C9H13NO4/c1-4-12-8-6(3)7(14-10-8)9(11)13-5-2/h4-5H2,1-3H3. The maximum absolute atomic E-state index is 11.3. The first-order valence-electron chi connectivity index (χ1n) is 4.46. The van der Waals surface area contributed by atoms with Crippen LogP contribution in [-0.2, 0) is 4.74 Å². The Labute approximate surface area is 82.0 Å². The summed E-state index contributed by atoms with van der Waals surface area (Å²) in [5, 5.41) is 3.61. The number of aromatic nitrogens is 1. The van der Waals surface area contributed by atoms with Crippen LogP contribution in [0.4, 0.5) is 0 Å². The number of hydrogen-bond donors (Lipinski definition) is 0. The molecule has 0 bridgehead atoms. The van der Waals surface area contributed by atoms with Crippen LogP contribution >= 0.6 is 0 Å². The summed E-state index contributed by atoms with van der Waals surface area (Å²) in [7, 11) is 0. The van der Waals surface area contributed by atoms with E-state index in [2.05, 4.69) is 5.16 Å². The molecule has 0 atom stereocenters. The van der Waals surface area contributed by atoms with Crippen LogP contribution in [-0.4, -0.2) is 24.3 Å². The highest BCUT2D eigenvalue weighted by Crippen LogP contribution is 2.20. The molecule has 0 aromatic carbocycles. The third-order valence-electron chi connectivity index (χ3n) is 1.62. The Kier molecular flexibility index (Phi) is 3.50. The Hall–Kier alpha value is -1.52. The molecule has 0 saturated carbocycles. The van der Waals surface area contributed by atoms with Gasteiger partial charge in [-0.25, -0.2) is 4.79 Å². The number of carbonyl (C=O) groups is 1. The zero-order chi connectivity index (χ0) is 10.6. The third kappa shape index (κ3) is 2.04. The SMILES string of the molecule is CCOC(=O)c1onc(OCC)c1C. The molecule has 0 spiro atoms. The smallest absolute Gasteiger partial charge is 0.377 e. The Morgan fingerprint density at radius 2 is 2.14 bits per heavy atom. The van der Waals surface area contributed by atoms with Crippen molar-refractivity contribution in [3.8, 4) is 5.88 Å². The van der Waals surface area contributed by atoms with Crippen molar-refractivity contribution < 1.29 is 18.8 Å². The molecular weight excluding hydrogens is 186 g/mol. The zero-order valence-corrected chi connectivity index (χ0v) is 8.49. The molecule has 14 heavy (non-hydrogen) atoms. The molecule has 0 aliphatic rings. The summed E-state index contributed by atoms with van der Waals surface area (Å²) in [6.45, 7) is 6.05. The summed E-state index contributed by atoms with van der Waals surface area (Å²) in [6, 6.07) is 0. The second kappa shape index (κ2) is 4.64. The number of nitrogens with zero attached hydrogens (tertiary/aromatic N) is 1. The van der Waals surface area contributed by atoms with Crippen LogP contribution < -0.4 is 4.74 Å². The number of hydrogen-bond acceptors (Lipinski definition) is 5. The molecule has 1 rings (SSSR count). The van der Waals surface area contributed by atoms with Gasteiger partial charge in [-0.15, -0.1) is 0 Å². The summed E-state index contributed by atoms with van der Waals surface area (Å²) in [4.78, 5) is 11.3. The lowest BCUT2D eigenvalue weighted by Gasteiger charge is -1.98. The van der Waals surface area contributed by atoms with Crippen LogP contribution in [0.1, 0.15) is 30.0 Å². The molecule has 0 aliphatic heterocycles. The molecule has 0 unspecified atom stereocenters. The van der Waals surface area contributed by atoms with Gasteiger partial charge in [-0.05, 0) is 25.9 Å². The van der Waals surface area contributed by atoms with Crippen molar-refractivity contribution in [3.05, 3.63) is 11.3 Å². The Bertz CT molecular complexity index is 319. The van der Waals surface area contributed by atoms with Crippen LogP contribution in [0.5, 0.6) is 5.88 Å². The van der Waals surface area contributed by atoms with E-state index >= 15 is 0 Å². The number of esters is 1. The van der Waals surface area contributed by atoms with Crippen molar-refractivity contribution >= 4 is 5.97 Å². The van der Waals surface area contributed by atoms with E-state index in [1.54, 1.807) is 13.8 Å². The molecule has 1 heterocycles. The molecule has 78 valence electrons. The highest BCUT2D eigenvalue weighted by Gasteiger charge is 2.20. The minimum absolute atomic E-state index is 0.107. The molecule has 0 amide bonds. The first kappa shape index (κ1) is 10.6. The van der Waals surface area contributed by atoms with Crippen LogP contribution in [0.3, 0.4) is 0 Å². The van der Waals surface area contributed by atoms with E-state index in [0.29, 0.717) is 24.7 Å². The summed E-state index contributed by atoms with van der Waals surface area (Å²) in [6.07, 6.45) is 0. The average Bonchev–Trinajstić information content (AvgIpc) is 2.49. The van der Waals surface area contributed by atoms with Gasteiger partial charge in [0.25, 0.3) is 11.6 Å². The Morgan fingerprint density at radius 3 is 2.71 bits per heavy atom. The monoisotopic (exact) mass is 199 g/mol. The average molecular weight is 199 g/mol. The molecule has 0 radical (unpaired) electrons. The molecular formula is C9H13NO4. The van der Waals surface area contributed by atoms with E-state index < -0.39 is 5.97 Å². The largest absolute Gasteiger partial charge is 0.476 e. The van der Waals surface area contributed by atoms with Gasteiger partial charge in [-0.2, -0.15) is 0 Å². The van der Waals surface area contributed by atoms with Crippen LogP contribution in [0, 0.1) is 6.92 Å². The summed E-state index contributed by atoms with van der Waals surface area (Å²) in [5.74, 6) is -0.0608. The van der Waals surface area contributed by atoms with Crippen molar-refractivity contribution in [1.82, 2.24) is 5.16 Å². The molecule has 0 saturated heterocycles. The van der Waals surface area contributed by atoms with Crippen molar-refractivity contribution in [1.29, 1.82) is 0 Å². The topological polar surface area (TPSA) is 61.6 Å². The van der Waals surface area contributed by atoms with Gasteiger partial charge >= 0.3 is 5.97 Å². The van der Waals surface area contributed by atoms with Gasteiger partial charge in [0, 0.05) is 0 Å². The van der Waals surface area contributed by atoms with E-state index in [4.69, 9.17) is 14.0 Å². The van der Waals surface area contributed by atoms with E-state index in [1.165, 1.54) is 0 Å². The fourth-order valence-corrected chi connectivity index (χ4v) is 0.979. The molecule has 1 aromatic heterocycles. The molecule has 0 N–H and O–H groups in total. The van der Waals surface area contributed by atoms with Crippen LogP contribution in [0.2, 0.25) is 0 Å². The minimum atomic E-state index is -0.511. The second-order valence-corrected chi connectivity index (χ2v) is 2.60. The lowest BCUT2D eigenvalue weighted by molar-refractivity contribution is 0.0478. The normalized spacial score (nSPS) is 9.93. The first-order valence-corrected chi connectivity index (χ1v) is 4.46. The van der Waals surface area contributed by atoms with Gasteiger partial charge in [0.05, 0.1) is 18.8 Å². The fraction of sp³-hybridized carbons (Fsp3) is 0.556. The van der Waals surface area contributed by atoms with Crippen molar-refractivity contribution in [2.75, 3.05) is 13.2 Å². The van der Waals surface area contributed by atoms with Crippen molar-refractivity contribution in [2.24, 2.45) is 0 Å². The van der Waals surface area contributed by atoms with Crippen molar-refractivity contribution in [3.63, 3.8) is 0 Å². The van der Waals surface area contributed by atoms with Crippen LogP contribution in [0.25, 0.3) is 0 Å².